The van der Waals surface area contributed by atoms with E-state index in [-0.39, 0.29) is 6.54 Å². The molecule has 12 heavy (non-hydrogen) atoms. The van der Waals surface area contributed by atoms with E-state index >= 15 is 0 Å². The Morgan fingerprint density at radius 3 is 2.42 bits per heavy atom. The smallest absolute Gasteiger partial charge is 0.317 e. The minimum Gasteiger partial charge on any atom is -0.480 e. The summed E-state index contributed by atoms with van der Waals surface area (Å²) in [6.07, 6.45) is 0. The molecule has 0 atom stereocenters. The van der Waals surface area contributed by atoms with Gasteiger partial charge in [0.15, 0.2) is 0 Å². The van der Waals surface area contributed by atoms with Gasteiger partial charge < -0.3 is 15.3 Å². The lowest BCUT2D eigenvalue weighted by Gasteiger charge is -2.17. The molecule has 0 amide bonds. The first-order valence-electron chi connectivity index (χ1n) is 4.35. The van der Waals surface area contributed by atoms with Gasteiger partial charge in [-0.25, -0.2) is 0 Å². The van der Waals surface area contributed by atoms with E-state index in [9.17, 15) is 4.79 Å². The maximum atomic E-state index is 10.1. The van der Waals surface area contributed by atoms with Crippen molar-refractivity contribution in [3.63, 3.8) is 0 Å². The fourth-order valence-corrected chi connectivity index (χ4v) is 0.972. The molecule has 0 unspecified atom stereocenters. The molecule has 0 aromatic heterocycles. The lowest BCUT2D eigenvalue weighted by Crippen LogP contribution is -2.34. The van der Waals surface area contributed by atoms with Crippen LogP contribution >= 0.6 is 0 Å². The van der Waals surface area contributed by atoms with Crippen LogP contribution in [0, 0.1) is 0 Å². The van der Waals surface area contributed by atoms with Gasteiger partial charge in [-0.3, -0.25) is 4.79 Å². The highest BCUT2D eigenvalue weighted by atomic mass is 16.4. The first-order valence-corrected chi connectivity index (χ1v) is 4.35. The number of hydrogen-bond acceptors (Lipinski definition) is 3. The Kier molecular flexibility index (Phi) is 6.70. The Bertz CT molecular complexity index is 124. The van der Waals surface area contributed by atoms with Gasteiger partial charge in [0.25, 0.3) is 0 Å². The predicted molar refractivity (Wildman–Crippen MR) is 48.3 cm³/mol. The normalized spacial score (nSPS) is 10.6. The van der Waals surface area contributed by atoms with E-state index in [1.807, 2.05) is 0 Å². The fourth-order valence-electron chi connectivity index (χ4n) is 0.972. The second-order valence-electron chi connectivity index (χ2n) is 2.60. The molecule has 0 bridgehead atoms. The summed E-state index contributed by atoms with van der Waals surface area (Å²) < 4.78 is 0. The van der Waals surface area contributed by atoms with Crippen LogP contribution in [0.25, 0.3) is 0 Å². The Morgan fingerprint density at radius 2 is 2.00 bits per heavy atom. The van der Waals surface area contributed by atoms with Crippen LogP contribution in [0.2, 0.25) is 0 Å². The fraction of sp³-hybridized carbons (Fsp3) is 0.875. The molecule has 0 aliphatic carbocycles. The molecule has 0 aliphatic heterocycles. The number of rotatable bonds is 7. The first-order chi connectivity index (χ1) is 5.70. The zero-order chi connectivity index (χ0) is 9.40. The highest BCUT2D eigenvalue weighted by molar-refractivity contribution is 5.68. The Hall–Kier alpha value is -0.610. The van der Waals surface area contributed by atoms with E-state index in [0.29, 0.717) is 0 Å². The lowest BCUT2D eigenvalue weighted by atomic mass is 10.4. The van der Waals surface area contributed by atoms with Gasteiger partial charge in [0.1, 0.15) is 0 Å². The number of aliphatic carboxylic acids is 1. The number of likely N-dealkylation sites (N-methyl/N-ethyl adjacent to an activating group) is 1. The highest BCUT2D eigenvalue weighted by Crippen LogP contribution is 1.83. The summed E-state index contributed by atoms with van der Waals surface area (Å²) in [5, 5.41) is 11.2. The van der Waals surface area contributed by atoms with Crippen molar-refractivity contribution < 1.29 is 9.90 Å². The number of carboxylic acid groups (broad SMARTS) is 1. The van der Waals surface area contributed by atoms with Crippen LogP contribution in [0.5, 0.6) is 0 Å². The molecule has 0 aliphatic rings. The van der Waals surface area contributed by atoms with Crippen molar-refractivity contribution in [2.75, 3.05) is 32.7 Å². The molecule has 0 aromatic carbocycles. The third-order valence-corrected chi connectivity index (χ3v) is 1.78. The number of hydrogen-bond donors (Lipinski definition) is 2. The van der Waals surface area contributed by atoms with Crippen LogP contribution in [-0.4, -0.2) is 48.7 Å². The minimum absolute atomic E-state index is 0.0568. The number of carboxylic acids is 1. The van der Waals surface area contributed by atoms with Gasteiger partial charge in [-0.1, -0.05) is 13.8 Å². The van der Waals surface area contributed by atoms with Crippen molar-refractivity contribution in [1.82, 2.24) is 10.2 Å². The van der Waals surface area contributed by atoms with Crippen molar-refractivity contribution >= 4 is 5.97 Å². The molecule has 0 heterocycles. The van der Waals surface area contributed by atoms with Crippen LogP contribution in [0.4, 0.5) is 0 Å². The third-order valence-electron chi connectivity index (χ3n) is 1.78. The van der Waals surface area contributed by atoms with Crippen LogP contribution < -0.4 is 5.32 Å². The van der Waals surface area contributed by atoms with Crippen LogP contribution in [0.1, 0.15) is 13.8 Å². The van der Waals surface area contributed by atoms with Gasteiger partial charge in [-0.2, -0.15) is 0 Å². The molecule has 72 valence electrons. The van der Waals surface area contributed by atoms with Crippen LogP contribution in [-0.2, 0) is 4.79 Å². The van der Waals surface area contributed by atoms with E-state index < -0.39 is 5.97 Å². The highest BCUT2D eigenvalue weighted by Gasteiger charge is 1.98. The second kappa shape index (κ2) is 7.06. The van der Waals surface area contributed by atoms with Gasteiger partial charge in [-0.15, -0.1) is 0 Å². The van der Waals surface area contributed by atoms with Gasteiger partial charge in [0.05, 0.1) is 6.54 Å². The molecule has 2 N–H and O–H groups in total. The van der Waals surface area contributed by atoms with Crippen LogP contribution in [0.15, 0.2) is 0 Å². The summed E-state index contributed by atoms with van der Waals surface area (Å²) in [7, 11) is 0. The molecule has 0 rings (SSSR count). The quantitative estimate of drug-likeness (QED) is 0.533. The Balaban J connectivity index is 3.23. The molecule has 0 saturated heterocycles. The van der Waals surface area contributed by atoms with E-state index in [2.05, 4.69) is 24.1 Å². The average molecular weight is 174 g/mol. The molecular formula is C8H18N2O2. The SMILES string of the molecule is CCN(CC)CCNCC(=O)O. The largest absolute Gasteiger partial charge is 0.480 e. The topological polar surface area (TPSA) is 52.6 Å². The number of nitrogens with one attached hydrogen (secondary N) is 1. The van der Waals surface area contributed by atoms with Crippen molar-refractivity contribution in [2.24, 2.45) is 0 Å². The summed E-state index contributed by atoms with van der Waals surface area (Å²) in [5.74, 6) is -0.797. The minimum atomic E-state index is -0.797. The summed E-state index contributed by atoms with van der Waals surface area (Å²) in [4.78, 5) is 12.4. The lowest BCUT2D eigenvalue weighted by molar-refractivity contribution is -0.135. The standard InChI is InChI=1S/C8H18N2O2/c1-3-10(4-2)6-5-9-7-8(11)12/h9H,3-7H2,1-2H3,(H,11,12). The van der Waals surface area contributed by atoms with Crippen molar-refractivity contribution in [2.45, 2.75) is 13.8 Å². The summed E-state index contributed by atoms with van der Waals surface area (Å²) in [6, 6.07) is 0. The average Bonchev–Trinajstić information content (AvgIpc) is 2.04. The predicted octanol–water partition coefficient (Wildman–Crippen LogP) is 0.00240. The molecule has 0 spiro atoms. The molecule has 4 nitrogen and oxygen atoms in total. The zero-order valence-electron chi connectivity index (χ0n) is 7.84. The van der Waals surface area contributed by atoms with Crippen LogP contribution in [0.3, 0.4) is 0 Å². The second-order valence-corrected chi connectivity index (χ2v) is 2.60. The Labute approximate surface area is 73.6 Å². The first kappa shape index (κ1) is 11.4. The molecular weight excluding hydrogens is 156 g/mol. The van der Waals surface area contributed by atoms with E-state index in [1.54, 1.807) is 0 Å². The zero-order valence-corrected chi connectivity index (χ0v) is 7.84. The molecule has 0 fully saturated rings. The molecule has 0 saturated carbocycles. The molecule has 0 aromatic rings. The van der Waals surface area contributed by atoms with Crippen molar-refractivity contribution in [3.05, 3.63) is 0 Å². The van der Waals surface area contributed by atoms with Gasteiger partial charge >= 0.3 is 5.97 Å². The van der Waals surface area contributed by atoms with Gasteiger partial charge in [0.2, 0.25) is 0 Å². The van der Waals surface area contributed by atoms with Crippen molar-refractivity contribution in [1.29, 1.82) is 0 Å². The number of nitrogens with zero attached hydrogens (tertiary/aromatic N) is 1. The van der Waals surface area contributed by atoms with E-state index in [4.69, 9.17) is 5.11 Å². The summed E-state index contributed by atoms with van der Waals surface area (Å²) >= 11 is 0. The van der Waals surface area contributed by atoms with Gasteiger partial charge in [-0.05, 0) is 13.1 Å². The van der Waals surface area contributed by atoms with Crippen molar-refractivity contribution in [3.8, 4) is 0 Å². The maximum Gasteiger partial charge on any atom is 0.317 e. The summed E-state index contributed by atoms with van der Waals surface area (Å²) in [5.41, 5.74) is 0. The molecule has 0 radical (unpaired) electrons. The Morgan fingerprint density at radius 1 is 1.42 bits per heavy atom. The molecule has 4 heteroatoms. The maximum absolute atomic E-state index is 10.1. The van der Waals surface area contributed by atoms with E-state index in [1.165, 1.54) is 0 Å². The van der Waals surface area contributed by atoms with Gasteiger partial charge in [0, 0.05) is 13.1 Å². The van der Waals surface area contributed by atoms with E-state index in [0.717, 1.165) is 26.2 Å². The third kappa shape index (κ3) is 6.12. The summed E-state index contributed by atoms with van der Waals surface area (Å²) in [6.45, 7) is 7.95. The monoisotopic (exact) mass is 174 g/mol. The number of carbonyl (C=O) groups is 1.